The van der Waals surface area contributed by atoms with Crippen molar-refractivity contribution >= 4 is 27.6 Å². The van der Waals surface area contributed by atoms with Gasteiger partial charge >= 0.3 is 0 Å². The Morgan fingerprint density at radius 1 is 1.22 bits per heavy atom. The molecule has 2 aromatic rings. The highest BCUT2D eigenvalue weighted by Gasteiger charge is 2.06. The van der Waals surface area contributed by atoms with Gasteiger partial charge in [0.1, 0.15) is 11.6 Å². The third kappa shape index (κ3) is 5.49. The van der Waals surface area contributed by atoms with Crippen molar-refractivity contribution in [3.05, 3.63) is 63.9 Å². The molecule has 0 spiro atoms. The third-order valence-electron chi connectivity index (χ3n) is 3.02. The summed E-state index contributed by atoms with van der Waals surface area (Å²) in [5.74, 6) is -0.336. The molecule has 6 heteroatoms. The highest BCUT2D eigenvalue weighted by molar-refractivity contribution is 9.10. The number of ether oxygens (including phenoxy) is 1. The standard InChI is InChI=1S/C17H15BrFNO3/c1-11(21)13-3-2-4-16(7-13)23-10-17(22)20-9-12-5-14(18)8-15(19)6-12/h2-8H,9-10H2,1H3,(H,20,22). The fourth-order valence-corrected chi connectivity index (χ4v) is 2.43. The van der Waals surface area contributed by atoms with Gasteiger partial charge in [-0.2, -0.15) is 0 Å². The van der Waals surface area contributed by atoms with Crippen LogP contribution in [0.4, 0.5) is 4.39 Å². The molecule has 2 rings (SSSR count). The summed E-state index contributed by atoms with van der Waals surface area (Å²) in [5.41, 5.74) is 1.16. The molecule has 0 bridgehead atoms. The molecule has 2 aromatic carbocycles. The predicted octanol–water partition coefficient (Wildman–Crippen LogP) is 3.49. The van der Waals surface area contributed by atoms with E-state index in [0.717, 1.165) is 0 Å². The Labute approximate surface area is 141 Å². The van der Waals surface area contributed by atoms with E-state index in [1.165, 1.54) is 19.1 Å². The zero-order chi connectivity index (χ0) is 16.8. The Kier molecular flexibility index (Phi) is 5.87. The summed E-state index contributed by atoms with van der Waals surface area (Å²) in [6.07, 6.45) is 0. The number of carbonyl (C=O) groups excluding carboxylic acids is 2. The molecule has 0 atom stereocenters. The van der Waals surface area contributed by atoms with Gasteiger partial charge in [-0.1, -0.05) is 28.1 Å². The van der Waals surface area contributed by atoms with Gasteiger partial charge in [0.05, 0.1) is 0 Å². The number of hydrogen-bond acceptors (Lipinski definition) is 3. The highest BCUT2D eigenvalue weighted by Crippen LogP contribution is 2.15. The van der Waals surface area contributed by atoms with Gasteiger partial charge in [0.15, 0.2) is 12.4 Å². The van der Waals surface area contributed by atoms with Crippen molar-refractivity contribution in [1.82, 2.24) is 5.32 Å². The fourth-order valence-electron chi connectivity index (χ4n) is 1.92. The number of benzene rings is 2. The van der Waals surface area contributed by atoms with Crippen molar-refractivity contribution in [2.45, 2.75) is 13.5 Å². The van der Waals surface area contributed by atoms with Crippen LogP contribution in [0.1, 0.15) is 22.8 Å². The van der Waals surface area contributed by atoms with Gasteiger partial charge in [0.2, 0.25) is 0 Å². The number of Topliss-reactive ketones (excluding diaryl/α,β-unsaturated/α-hetero) is 1. The van der Waals surface area contributed by atoms with E-state index >= 15 is 0 Å². The van der Waals surface area contributed by atoms with E-state index in [4.69, 9.17) is 4.74 Å². The molecule has 0 aromatic heterocycles. The maximum absolute atomic E-state index is 13.2. The van der Waals surface area contributed by atoms with Crippen LogP contribution in [-0.4, -0.2) is 18.3 Å². The summed E-state index contributed by atoms with van der Waals surface area (Å²) in [4.78, 5) is 23.1. The second kappa shape index (κ2) is 7.87. The lowest BCUT2D eigenvalue weighted by atomic mass is 10.1. The zero-order valence-electron chi connectivity index (χ0n) is 12.4. The van der Waals surface area contributed by atoms with E-state index in [-0.39, 0.29) is 30.7 Å². The van der Waals surface area contributed by atoms with Crippen LogP contribution in [0.25, 0.3) is 0 Å². The first-order valence-corrected chi connectivity index (χ1v) is 7.69. The summed E-state index contributed by atoms with van der Waals surface area (Å²) in [7, 11) is 0. The number of ketones is 1. The lowest BCUT2D eigenvalue weighted by Gasteiger charge is -2.09. The number of nitrogens with one attached hydrogen (secondary N) is 1. The number of rotatable bonds is 6. The smallest absolute Gasteiger partial charge is 0.258 e. The first kappa shape index (κ1) is 17.1. The first-order valence-electron chi connectivity index (χ1n) is 6.89. The van der Waals surface area contributed by atoms with Gasteiger partial charge in [-0.3, -0.25) is 9.59 Å². The molecule has 0 saturated heterocycles. The Hall–Kier alpha value is -2.21. The monoisotopic (exact) mass is 379 g/mol. The van der Waals surface area contributed by atoms with E-state index in [1.807, 2.05) is 0 Å². The number of halogens is 2. The Balaban J connectivity index is 1.85. The van der Waals surface area contributed by atoms with Crippen LogP contribution in [0.3, 0.4) is 0 Å². The maximum atomic E-state index is 13.2. The lowest BCUT2D eigenvalue weighted by Crippen LogP contribution is -2.28. The highest BCUT2D eigenvalue weighted by atomic mass is 79.9. The van der Waals surface area contributed by atoms with Gasteiger partial charge in [-0.25, -0.2) is 4.39 Å². The molecule has 0 unspecified atom stereocenters. The van der Waals surface area contributed by atoms with Crippen LogP contribution in [0.2, 0.25) is 0 Å². The lowest BCUT2D eigenvalue weighted by molar-refractivity contribution is -0.123. The molecule has 0 radical (unpaired) electrons. The Morgan fingerprint density at radius 3 is 2.70 bits per heavy atom. The SMILES string of the molecule is CC(=O)c1cccc(OCC(=O)NCc2cc(F)cc(Br)c2)c1. The van der Waals surface area contributed by atoms with E-state index in [1.54, 1.807) is 30.3 Å². The minimum atomic E-state index is -0.374. The largest absolute Gasteiger partial charge is 0.484 e. The molecule has 0 fully saturated rings. The van der Waals surface area contributed by atoms with Crippen molar-refractivity contribution in [2.24, 2.45) is 0 Å². The molecule has 0 aliphatic rings. The van der Waals surface area contributed by atoms with Crippen LogP contribution in [0, 0.1) is 5.82 Å². The van der Waals surface area contributed by atoms with Crippen molar-refractivity contribution in [3.63, 3.8) is 0 Å². The second-order valence-corrected chi connectivity index (χ2v) is 5.84. The van der Waals surface area contributed by atoms with Crippen LogP contribution >= 0.6 is 15.9 Å². The predicted molar refractivity (Wildman–Crippen MR) is 87.9 cm³/mol. The number of carbonyl (C=O) groups is 2. The van der Waals surface area contributed by atoms with Crippen LogP contribution in [0.15, 0.2) is 46.9 Å². The molecule has 1 amide bonds. The summed E-state index contributed by atoms with van der Waals surface area (Å²) >= 11 is 3.19. The molecule has 0 aliphatic carbocycles. The van der Waals surface area contributed by atoms with Crippen molar-refractivity contribution in [3.8, 4) is 5.75 Å². The number of hydrogen-bond donors (Lipinski definition) is 1. The van der Waals surface area contributed by atoms with Gasteiger partial charge in [0, 0.05) is 16.6 Å². The maximum Gasteiger partial charge on any atom is 0.258 e. The molecule has 120 valence electrons. The minimum absolute atomic E-state index is 0.0726. The van der Waals surface area contributed by atoms with Gasteiger partial charge in [-0.05, 0) is 42.8 Å². The van der Waals surface area contributed by atoms with Gasteiger partial charge < -0.3 is 10.1 Å². The summed E-state index contributed by atoms with van der Waals surface area (Å²) in [5, 5.41) is 2.64. The molecule has 1 N–H and O–H groups in total. The summed E-state index contributed by atoms with van der Waals surface area (Å²) < 4.78 is 19.2. The topological polar surface area (TPSA) is 55.4 Å². The molecular formula is C17H15BrFNO3. The molecular weight excluding hydrogens is 365 g/mol. The van der Waals surface area contributed by atoms with Crippen molar-refractivity contribution in [1.29, 1.82) is 0 Å². The molecule has 0 heterocycles. The van der Waals surface area contributed by atoms with Crippen molar-refractivity contribution < 1.29 is 18.7 Å². The van der Waals surface area contributed by atoms with E-state index in [0.29, 0.717) is 21.3 Å². The summed E-state index contributed by atoms with van der Waals surface area (Å²) in [6.45, 7) is 1.48. The third-order valence-corrected chi connectivity index (χ3v) is 3.48. The average Bonchev–Trinajstić information content (AvgIpc) is 2.50. The van der Waals surface area contributed by atoms with E-state index in [2.05, 4.69) is 21.2 Å². The molecule has 4 nitrogen and oxygen atoms in total. The normalized spacial score (nSPS) is 10.2. The van der Waals surface area contributed by atoms with E-state index in [9.17, 15) is 14.0 Å². The van der Waals surface area contributed by atoms with Crippen LogP contribution < -0.4 is 10.1 Å². The Bertz CT molecular complexity index is 713. The molecule has 23 heavy (non-hydrogen) atoms. The average molecular weight is 380 g/mol. The zero-order valence-corrected chi connectivity index (χ0v) is 14.0. The van der Waals surface area contributed by atoms with E-state index < -0.39 is 0 Å². The summed E-state index contributed by atoms with van der Waals surface area (Å²) in [6, 6.07) is 11.0. The minimum Gasteiger partial charge on any atom is -0.484 e. The van der Waals surface area contributed by atoms with Crippen molar-refractivity contribution in [2.75, 3.05) is 6.61 Å². The van der Waals surface area contributed by atoms with Crippen LogP contribution in [0.5, 0.6) is 5.75 Å². The molecule has 0 saturated carbocycles. The first-order chi connectivity index (χ1) is 10.9. The number of amides is 1. The fraction of sp³-hybridized carbons (Fsp3) is 0.176. The van der Waals surface area contributed by atoms with Gasteiger partial charge in [0.25, 0.3) is 5.91 Å². The van der Waals surface area contributed by atoms with Gasteiger partial charge in [-0.15, -0.1) is 0 Å². The quantitative estimate of drug-likeness (QED) is 0.781. The van der Waals surface area contributed by atoms with Crippen LogP contribution in [-0.2, 0) is 11.3 Å². The second-order valence-electron chi connectivity index (χ2n) is 4.93. The molecule has 0 aliphatic heterocycles. The Morgan fingerprint density at radius 2 is 2.00 bits per heavy atom.